The van der Waals surface area contributed by atoms with Crippen LogP contribution in [0.15, 0.2) is 30.6 Å². The first-order valence-electron chi connectivity index (χ1n) is 9.16. The van der Waals surface area contributed by atoms with E-state index in [1.54, 1.807) is 0 Å². The average molecular weight is 356 g/mol. The van der Waals surface area contributed by atoms with Gasteiger partial charge in [-0.25, -0.2) is 9.78 Å². The average Bonchev–Trinajstić information content (AvgIpc) is 3.28. The number of carbonyl (C=O) groups excluding carboxylic acids is 1. The maximum Gasteiger partial charge on any atom is 0.322 e. The zero-order valence-corrected chi connectivity index (χ0v) is 15.0. The summed E-state index contributed by atoms with van der Waals surface area (Å²) >= 11 is 0. The van der Waals surface area contributed by atoms with E-state index in [0.717, 1.165) is 49.6 Å². The van der Waals surface area contributed by atoms with Crippen LogP contribution in [0.25, 0.3) is 0 Å². The molecule has 0 radical (unpaired) electrons. The van der Waals surface area contributed by atoms with Gasteiger partial charge in [0.05, 0.1) is 0 Å². The number of piperidine rings is 1. The number of aryl methyl sites for hydroxylation is 2. The third-order valence-corrected chi connectivity index (χ3v) is 5.14. The molecule has 138 valence electrons. The summed E-state index contributed by atoms with van der Waals surface area (Å²) < 4.78 is 12.8. The van der Waals surface area contributed by atoms with Crippen molar-refractivity contribution in [3.05, 3.63) is 36.4 Å². The molecule has 0 saturated carbocycles. The van der Waals surface area contributed by atoms with Crippen LogP contribution in [0.3, 0.4) is 0 Å². The number of rotatable bonds is 4. The summed E-state index contributed by atoms with van der Waals surface area (Å²) in [6, 6.07) is 5.69. The number of nitrogens with zero attached hydrogens (tertiary/aromatic N) is 3. The Bertz CT molecular complexity index is 789. The van der Waals surface area contributed by atoms with Gasteiger partial charge in [-0.3, -0.25) is 0 Å². The van der Waals surface area contributed by atoms with Crippen LogP contribution < -0.4 is 14.8 Å². The second-order valence-electron chi connectivity index (χ2n) is 6.80. The molecule has 2 aliphatic heterocycles. The molecule has 2 aromatic rings. The second kappa shape index (κ2) is 7.27. The summed E-state index contributed by atoms with van der Waals surface area (Å²) in [7, 11) is 0. The molecule has 7 nitrogen and oxygen atoms in total. The van der Waals surface area contributed by atoms with Crippen molar-refractivity contribution < 1.29 is 14.3 Å². The Balaban J connectivity index is 1.40. The van der Waals surface area contributed by atoms with E-state index in [9.17, 15) is 4.79 Å². The third-order valence-electron chi connectivity index (χ3n) is 5.14. The smallest absolute Gasteiger partial charge is 0.322 e. The molecule has 0 spiro atoms. The molecule has 7 heteroatoms. The Labute approximate surface area is 152 Å². The van der Waals surface area contributed by atoms with Crippen molar-refractivity contribution in [1.29, 1.82) is 0 Å². The van der Waals surface area contributed by atoms with Gasteiger partial charge in [0, 0.05) is 43.3 Å². The van der Waals surface area contributed by atoms with Crippen molar-refractivity contribution in [3.8, 4) is 11.5 Å². The molecule has 2 aliphatic rings. The Morgan fingerprint density at radius 3 is 3.04 bits per heavy atom. The molecule has 1 N–H and O–H groups in total. The first-order valence-corrected chi connectivity index (χ1v) is 9.16. The molecule has 0 bridgehead atoms. The monoisotopic (exact) mass is 356 g/mol. The lowest BCUT2D eigenvalue weighted by Gasteiger charge is -2.36. The molecule has 1 aromatic heterocycles. The Morgan fingerprint density at radius 2 is 2.19 bits per heavy atom. The van der Waals surface area contributed by atoms with E-state index in [4.69, 9.17) is 9.47 Å². The van der Waals surface area contributed by atoms with Gasteiger partial charge >= 0.3 is 6.03 Å². The van der Waals surface area contributed by atoms with Crippen LogP contribution in [0, 0.1) is 6.92 Å². The van der Waals surface area contributed by atoms with E-state index in [2.05, 4.69) is 14.9 Å². The minimum atomic E-state index is -0.0454. The number of imidazole rings is 1. The number of fused-ring (bicyclic) bond motifs is 1. The van der Waals surface area contributed by atoms with Crippen molar-refractivity contribution in [2.24, 2.45) is 0 Å². The predicted molar refractivity (Wildman–Crippen MR) is 97.5 cm³/mol. The van der Waals surface area contributed by atoms with E-state index >= 15 is 0 Å². The fraction of sp³-hybridized carbons (Fsp3) is 0.474. The van der Waals surface area contributed by atoms with Gasteiger partial charge in [0.25, 0.3) is 0 Å². The van der Waals surface area contributed by atoms with Gasteiger partial charge in [-0.2, -0.15) is 0 Å². The SMILES string of the molecule is Cc1nccn1CCC1CCCCN1C(=O)Nc1ccc2c(c1)OCO2. The molecule has 26 heavy (non-hydrogen) atoms. The quantitative estimate of drug-likeness (QED) is 0.912. The van der Waals surface area contributed by atoms with Crippen LogP contribution in [0.1, 0.15) is 31.5 Å². The highest BCUT2D eigenvalue weighted by Gasteiger charge is 2.27. The molecule has 1 unspecified atom stereocenters. The van der Waals surface area contributed by atoms with Crippen molar-refractivity contribution >= 4 is 11.7 Å². The van der Waals surface area contributed by atoms with Crippen LogP contribution in [-0.4, -0.2) is 39.9 Å². The Morgan fingerprint density at radius 1 is 1.31 bits per heavy atom. The Kier molecular flexibility index (Phi) is 4.69. The topological polar surface area (TPSA) is 68.6 Å². The minimum Gasteiger partial charge on any atom is -0.454 e. The van der Waals surface area contributed by atoms with E-state index < -0.39 is 0 Å². The first-order chi connectivity index (χ1) is 12.7. The second-order valence-corrected chi connectivity index (χ2v) is 6.80. The van der Waals surface area contributed by atoms with Crippen LogP contribution in [0.4, 0.5) is 10.5 Å². The van der Waals surface area contributed by atoms with E-state index in [1.807, 2.05) is 42.4 Å². The minimum absolute atomic E-state index is 0.0454. The molecule has 1 saturated heterocycles. The lowest BCUT2D eigenvalue weighted by atomic mass is 9.99. The summed E-state index contributed by atoms with van der Waals surface area (Å²) in [6.45, 7) is 3.91. The summed E-state index contributed by atoms with van der Waals surface area (Å²) in [5, 5.41) is 3.01. The van der Waals surface area contributed by atoms with Gasteiger partial charge in [-0.1, -0.05) is 0 Å². The number of anilines is 1. The fourth-order valence-electron chi connectivity index (χ4n) is 3.67. The fourth-order valence-corrected chi connectivity index (χ4v) is 3.67. The van der Waals surface area contributed by atoms with Gasteiger partial charge in [0.1, 0.15) is 5.82 Å². The zero-order valence-electron chi connectivity index (χ0n) is 15.0. The third kappa shape index (κ3) is 3.47. The number of hydrogen-bond donors (Lipinski definition) is 1. The van der Waals surface area contributed by atoms with Crippen molar-refractivity contribution in [2.75, 3.05) is 18.7 Å². The molecule has 4 rings (SSSR count). The summed E-state index contributed by atoms with van der Waals surface area (Å²) in [5.74, 6) is 2.40. The molecule has 1 atom stereocenters. The standard InChI is InChI=1S/C19H24N4O3/c1-14-20-8-11-22(14)10-7-16-4-2-3-9-23(16)19(24)21-15-5-6-17-18(12-15)26-13-25-17/h5-6,8,11-12,16H,2-4,7,9-10,13H2,1H3,(H,21,24). The highest BCUT2D eigenvalue weighted by molar-refractivity contribution is 5.90. The number of carbonyl (C=O) groups is 1. The van der Waals surface area contributed by atoms with Gasteiger partial charge in [-0.15, -0.1) is 0 Å². The van der Waals surface area contributed by atoms with E-state index in [-0.39, 0.29) is 18.9 Å². The lowest BCUT2D eigenvalue weighted by molar-refractivity contribution is 0.155. The molecule has 0 aliphatic carbocycles. The number of hydrogen-bond acceptors (Lipinski definition) is 4. The van der Waals surface area contributed by atoms with Crippen LogP contribution in [-0.2, 0) is 6.54 Å². The van der Waals surface area contributed by atoms with Crippen LogP contribution >= 0.6 is 0 Å². The van der Waals surface area contributed by atoms with Crippen molar-refractivity contribution in [1.82, 2.24) is 14.5 Å². The normalized spacial score (nSPS) is 18.8. The van der Waals surface area contributed by atoms with Gasteiger partial charge < -0.3 is 24.3 Å². The predicted octanol–water partition coefficient (Wildman–Crippen LogP) is 3.40. The van der Waals surface area contributed by atoms with Crippen molar-refractivity contribution in [2.45, 2.75) is 45.2 Å². The largest absolute Gasteiger partial charge is 0.454 e. The molecule has 1 aromatic carbocycles. The molecule has 3 heterocycles. The first kappa shape index (κ1) is 16.8. The highest BCUT2D eigenvalue weighted by Crippen LogP contribution is 2.34. The molecular formula is C19H24N4O3. The Hall–Kier alpha value is -2.70. The summed E-state index contributed by atoms with van der Waals surface area (Å²) in [5.41, 5.74) is 0.731. The number of ether oxygens (including phenoxy) is 2. The number of aromatic nitrogens is 2. The number of benzene rings is 1. The number of amides is 2. The maximum atomic E-state index is 12.8. The molecule has 1 fully saturated rings. The summed E-state index contributed by atoms with van der Waals surface area (Å²) in [6.07, 6.45) is 8.01. The van der Waals surface area contributed by atoms with Gasteiger partial charge in [0.2, 0.25) is 6.79 Å². The van der Waals surface area contributed by atoms with Gasteiger partial charge in [0.15, 0.2) is 11.5 Å². The lowest BCUT2D eigenvalue weighted by Crippen LogP contribution is -2.46. The van der Waals surface area contributed by atoms with Crippen LogP contribution in [0.5, 0.6) is 11.5 Å². The van der Waals surface area contributed by atoms with Crippen LogP contribution in [0.2, 0.25) is 0 Å². The highest BCUT2D eigenvalue weighted by atomic mass is 16.7. The zero-order chi connectivity index (χ0) is 17.9. The van der Waals surface area contributed by atoms with Crippen molar-refractivity contribution in [3.63, 3.8) is 0 Å². The maximum absolute atomic E-state index is 12.8. The van der Waals surface area contributed by atoms with Gasteiger partial charge in [-0.05, 0) is 44.7 Å². The number of nitrogens with one attached hydrogen (secondary N) is 1. The van der Waals surface area contributed by atoms with E-state index in [0.29, 0.717) is 5.75 Å². The van der Waals surface area contributed by atoms with E-state index in [1.165, 1.54) is 6.42 Å². The number of likely N-dealkylation sites (tertiary alicyclic amines) is 1. The summed E-state index contributed by atoms with van der Waals surface area (Å²) in [4.78, 5) is 19.1. The molecular weight excluding hydrogens is 332 g/mol. The molecule has 2 amide bonds. The number of urea groups is 1.